The topological polar surface area (TPSA) is 37.3 Å². The largest absolute Gasteiger partial charge is 0.481 e. The molecule has 0 bridgehead atoms. The number of carbonyl (C=O) groups is 1. The predicted octanol–water partition coefficient (Wildman–Crippen LogP) is 3.58. The Kier molecular flexibility index (Phi) is 5.49. The second-order valence-corrected chi connectivity index (χ2v) is 5.22. The molecule has 1 aromatic carbocycles. The average Bonchev–Trinajstić information content (AvgIpc) is 2.29. The first-order valence-corrected chi connectivity index (χ1v) is 7.32. The lowest BCUT2D eigenvalue weighted by Gasteiger charge is -2.28. The van der Waals surface area contributed by atoms with E-state index >= 15 is 0 Å². The van der Waals surface area contributed by atoms with Crippen molar-refractivity contribution in [3.8, 4) is 0 Å². The van der Waals surface area contributed by atoms with Crippen LogP contribution in [-0.4, -0.2) is 21.7 Å². The molecule has 0 aliphatic rings. The Morgan fingerprint density at radius 1 is 1.12 bits per heavy atom. The molecule has 0 aliphatic heterocycles. The molecule has 0 saturated carbocycles. The number of hydrogen-bond donors (Lipinski definition) is 1. The Morgan fingerprint density at radius 3 is 2.00 bits per heavy atom. The number of alkyl halides is 2. The van der Waals surface area contributed by atoms with E-state index in [-0.39, 0.29) is 0 Å². The number of halogens is 2. The maximum Gasteiger partial charge on any atom is 0.314 e. The summed E-state index contributed by atoms with van der Waals surface area (Å²) >= 11 is 6.68. The van der Waals surface area contributed by atoms with Crippen LogP contribution in [0.15, 0.2) is 30.3 Å². The molecule has 88 valence electrons. The molecular weight excluding hydrogens is 336 g/mol. The monoisotopic (exact) mass is 348 g/mol. The van der Waals surface area contributed by atoms with Crippen molar-refractivity contribution in [2.24, 2.45) is 0 Å². The molecule has 0 saturated heterocycles. The van der Waals surface area contributed by atoms with E-state index < -0.39 is 11.4 Å². The van der Waals surface area contributed by atoms with Crippen molar-refractivity contribution < 1.29 is 9.90 Å². The van der Waals surface area contributed by atoms with Gasteiger partial charge in [-0.05, 0) is 18.4 Å². The van der Waals surface area contributed by atoms with Crippen LogP contribution >= 0.6 is 31.9 Å². The highest BCUT2D eigenvalue weighted by atomic mass is 79.9. The fourth-order valence-corrected chi connectivity index (χ4v) is 3.18. The van der Waals surface area contributed by atoms with Gasteiger partial charge in [-0.2, -0.15) is 0 Å². The zero-order valence-electron chi connectivity index (χ0n) is 8.83. The van der Waals surface area contributed by atoms with E-state index in [9.17, 15) is 9.90 Å². The van der Waals surface area contributed by atoms with E-state index in [1.165, 1.54) is 0 Å². The highest BCUT2D eigenvalue weighted by molar-refractivity contribution is 9.09. The number of aliphatic carboxylic acids is 1. The molecule has 0 amide bonds. The van der Waals surface area contributed by atoms with Gasteiger partial charge in [-0.25, -0.2) is 0 Å². The second-order valence-electron chi connectivity index (χ2n) is 3.63. The van der Waals surface area contributed by atoms with E-state index in [2.05, 4.69) is 31.9 Å². The highest BCUT2D eigenvalue weighted by Gasteiger charge is 2.38. The van der Waals surface area contributed by atoms with Crippen LogP contribution < -0.4 is 0 Å². The van der Waals surface area contributed by atoms with Crippen LogP contribution in [0.25, 0.3) is 0 Å². The Labute approximate surface area is 112 Å². The van der Waals surface area contributed by atoms with E-state index in [4.69, 9.17) is 0 Å². The summed E-state index contributed by atoms with van der Waals surface area (Å²) in [6.45, 7) is 0. The molecule has 0 radical (unpaired) electrons. The summed E-state index contributed by atoms with van der Waals surface area (Å²) in [5, 5.41) is 10.9. The molecule has 0 unspecified atom stereocenters. The summed E-state index contributed by atoms with van der Waals surface area (Å²) in [5.74, 6) is -0.752. The standard InChI is InChI=1S/C12H14Br2O2/c13-8-6-12(7-9-14,11(15)16)10-4-2-1-3-5-10/h1-5H,6-9H2,(H,15,16). The Hall–Kier alpha value is -0.350. The van der Waals surface area contributed by atoms with Crippen molar-refractivity contribution in [1.29, 1.82) is 0 Å². The summed E-state index contributed by atoms with van der Waals surface area (Å²) in [4.78, 5) is 11.6. The number of hydrogen-bond acceptors (Lipinski definition) is 1. The third kappa shape index (κ3) is 2.86. The fraction of sp³-hybridized carbons (Fsp3) is 0.417. The second kappa shape index (κ2) is 6.40. The third-order valence-corrected chi connectivity index (χ3v) is 3.57. The highest BCUT2D eigenvalue weighted by Crippen LogP contribution is 2.33. The van der Waals surface area contributed by atoms with Gasteiger partial charge < -0.3 is 5.11 Å². The summed E-state index contributed by atoms with van der Waals surface area (Å²) in [6, 6.07) is 9.45. The lowest BCUT2D eigenvalue weighted by molar-refractivity contribution is -0.144. The van der Waals surface area contributed by atoms with Crippen molar-refractivity contribution in [2.75, 3.05) is 10.7 Å². The maximum atomic E-state index is 11.6. The fourth-order valence-electron chi connectivity index (χ4n) is 1.83. The molecule has 0 aliphatic carbocycles. The van der Waals surface area contributed by atoms with Gasteiger partial charge in [0.15, 0.2) is 0 Å². The molecule has 1 N–H and O–H groups in total. The van der Waals surface area contributed by atoms with Crippen LogP contribution in [0.4, 0.5) is 0 Å². The van der Waals surface area contributed by atoms with Crippen LogP contribution in [0.2, 0.25) is 0 Å². The maximum absolute atomic E-state index is 11.6. The molecule has 0 heterocycles. The zero-order chi connectivity index (χ0) is 12.0. The summed E-state index contributed by atoms with van der Waals surface area (Å²) in [7, 11) is 0. The number of benzene rings is 1. The molecule has 0 fully saturated rings. The lowest BCUT2D eigenvalue weighted by atomic mass is 9.76. The van der Waals surface area contributed by atoms with Crippen molar-refractivity contribution in [2.45, 2.75) is 18.3 Å². The van der Waals surface area contributed by atoms with Gasteiger partial charge in [-0.3, -0.25) is 4.79 Å². The zero-order valence-corrected chi connectivity index (χ0v) is 12.0. The van der Waals surface area contributed by atoms with Crippen LogP contribution in [0.5, 0.6) is 0 Å². The first kappa shape index (κ1) is 13.7. The Balaban J connectivity index is 3.15. The molecule has 2 nitrogen and oxygen atoms in total. The minimum atomic E-state index is -0.783. The molecule has 4 heteroatoms. The normalized spacial score (nSPS) is 11.4. The van der Waals surface area contributed by atoms with Crippen molar-refractivity contribution in [1.82, 2.24) is 0 Å². The molecule has 0 spiro atoms. The summed E-state index contributed by atoms with van der Waals surface area (Å²) in [6.07, 6.45) is 1.19. The van der Waals surface area contributed by atoms with E-state index in [0.717, 1.165) is 5.56 Å². The molecule has 1 aromatic rings. The van der Waals surface area contributed by atoms with Crippen LogP contribution in [0, 0.1) is 0 Å². The first-order chi connectivity index (χ1) is 7.67. The Bertz CT molecular complexity index is 332. The summed E-state index contributed by atoms with van der Waals surface area (Å²) < 4.78 is 0. The third-order valence-electron chi connectivity index (χ3n) is 2.78. The van der Waals surface area contributed by atoms with Gasteiger partial charge in [-0.1, -0.05) is 62.2 Å². The lowest BCUT2D eigenvalue weighted by Crippen LogP contribution is -2.36. The quantitative estimate of drug-likeness (QED) is 0.797. The van der Waals surface area contributed by atoms with Gasteiger partial charge in [0.1, 0.15) is 0 Å². The molecule has 1 rings (SSSR count). The molecular formula is C12H14Br2O2. The van der Waals surface area contributed by atoms with Gasteiger partial charge in [0.25, 0.3) is 0 Å². The number of carboxylic acid groups (broad SMARTS) is 1. The van der Waals surface area contributed by atoms with E-state index in [1.54, 1.807) is 0 Å². The van der Waals surface area contributed by atoms with Gasteiger partial charge in [0.05, 0.1) is 5.41 Å². The molecule has 0 atom stereocenters. The smallest absolute Gasteiger partial charge is 0.314 e. The van der Waals surface area contributed by atoms with Gasteiger partial charge in [-0.15, -0.1) is 0 Å². The SMILES string of the molecule is O=C(O)C(CCBr)(CCBr)c1ccccc1. The molecule has 16 heavy (non-hydrogen) atoms. The Morgan fingerprint density at radius 2 is 1.62 bits per heavy atom. The van der Waals surface area contributed by atoms with Gasteiger partial charge >= 0.3 is 5.97 Å². The van der Waals surface area contributed by atoms with Crippen molar-refractivity contribution in [3.05, 3.63) is 35.9 Å². The number of carboxylic acids is 1. The van der Waals surface area contributed by atoms with E-state index in [0.29, 0.717) is 23.5 Å². The summed E-state index contributed by atoms with van der Waals surface area (Å²) in [5.41, 5.74) is 0.0928. The van der Waals surface area contributed by atoms with Crippen LogP contribution in [-0.2, 0) is 10.2 Å². The van der Waals surface area contributed by atoms with Crippen LogP contribution in [0.3, 0.4) is 0 Å². The average molecular weight is 350 g/mol. The minimum absolute atomic E-state index is 0.595. The van der Waals surface area contributed by atoms with Gasteiger partial charge in [0, 0.05) is 10.7 Å². The molecule has 0 aromatic heterocycles. The van der Waals surface area contributed by atoms with Crippen LogP contribution in [0.1, 0.15) is 18.4 Å². The van der Waals surface area contributed by atoms with Gasteiger partial charge in [0.2, 0.25) is 0 Å². The van der Waals surface area contributed by atoms with Crippen molar-refractivity contribution in [3.63, 3.8) is 0 Å². The van der Waals surface area contributed by atoms with Crippen molar-refractivity contribution >= 4 is 37.8 Å². The minimum Gasteiger partial charge on any atom is -0.481 e. The number of rotatable bonds is 6. The van der Waals surface area contributed by atoms with E-state index in [1.807, 2.05) is 30.3 Å². The predicted molar refractivity (Wildman–Crippen MR) is 72.6 cm³/mol. The first-order valence-electron chi connectivity index (χ1n) is 5.08.